The second-order valence-corrected chi connectivity index (χ2v) is 8.87. The molecule has 4 N–H and O–H groups in total. The molecule has 1 aromatic carbocycles. The van der Waals surface area contributed by atoms with E-state index in [1.54, 1.807) is 42.7 Å². The molecule has 0 aliphatic rings. The van der Waals surface area contributed by atoms with Gasteiger partial charge in [0.2, 0.25) is 0 Å². The van der Waals surface area contributed by atoms with Gasteiger partial charge in [-0.2, -0.15) is 5.10 Å². The number of carbonyl (C=O) groups excluding carboxylic acids is 1. The molecule has 0 unspecified atom stereocenters. The van der Waals surface area contributed by atoms with E-state index in [9.17, 15) is 4.79 Å². The number of aromatic amines is 2. The van der Waals surface area contributed by atoms with Gasteiger partial charge in [0.15, 0.2) is 11.6 Å². The number of thiophene rings is 1. The Morgan fingerprint density at radius 3 is 2.76 bits per heavy atom. The van der Waals surface area contributed by atoms with Crippen LogP contribution in [0.5, 0.6) is 0 Å². The molecule has 0 saturated heterocycles. The number of nitrogens with two attached hydrogens (primary N) is 1. The lowest BCUT2D eigenvalue weighted by Gasteiger charge is -2.05. The molecular formula is C24H16FN7OS. The number of hydrogen-bond acceptors (Lipinski definition) is 7. The summed E-state index contributed by atoms with van der Waals surface area (Å²) in [6.45, 7) is 1.53. The predicted octanol–water partition coefficient (Wildman–Crippen LogP) is 5.22. The number of aromatic nitrogens is 6. The van der Waals surface area contributed by atoms with Crippen molar-refractivity contribution < 1.29 is 9.18 Å². The number of anilines is 1. The molecule has 0 atom stereocenters. The number of halogens is 1. The summed E-state index contributed by atoms with van der Waals surface area (Å²) in [5.74, 6) is -0.0480. The minimum Gasteiger partial charge on any atom is -0.397 e. The molecule has 10 heteroatoms. The summed E-state index contributed by atoms with van der Waals surface area (Å²) in [7, 11) is 0. The quantitative estimate of drug-likeness (QED) is 0.304. The van der Waals surface area contributed by atoms with Crippen LogP contribution in [0.4, 0.5) is 10.1 Å². The number of carbonyl (C=O) groups is 1. The van der Waals surface area contributed by atoms with Gasteiger partial charge < -0.3 is 10.7 Å². The first kappa shape index (κ1) is 20.2. The summed E-state index contributed by atoms with van der Waals surface area (Å²) in [5, 5.41) is 7.53. The van der Waals surface area contributed by atoms with Crippen LogP contribution >= 0.6 is 11.3 Å². The summed E-state index contributed by atoms with van der Waals surface area (Å²) in [6.07, 6.45) is 4.74. The number of Topliss-reactive ketones (excluding diaryl/α,β-unsaturated/α-hetero) is 1. The number of nitrogen functional groups attached to an aromatic ring is 1. The SMILES string of the molecule is CC(=O)c1ccc(-c2nccc3[nH]c(-c4n[nH]c5ccc(-c6cncc(N)c6)c(F)c45)nc23)s1. The van der Waals surface area contributed by atoms with Crippen LogP contribution < -0.4 is 5.73 Å². The smallest absolute Gasteiger partial charge is 0.169 e. The molecule has 0 saturated carbocycles. The van der Waals surface area contributed by atoms with E-state index < -0.39 is 5.82 Å². The molecule has 0 bridgehead atoms. The van der Waals surface area contributed by atoms with Crippen LogP contribution in [0.3, 0.4) is 0 Å². The number of fused-ring (bicyclic) bond motifs is 2. The maximum Gasteiger partial charge on any atom is 0.169 e. The monoisotopic (exact) mass is 469 g/mol. The highest BCUT2D eigenvalue weighted by Crippen LogP contribution is 2.36. The van der Waals surface area contributed by atoms with Crippen LogP contribution in [0.15, 0.2) is 55.0 Å². The molecule has 0 amide bonds. The fourth-order valence-corrected chi connectivity index (χ4v) is 4.85. The third-order valence-electron chi connectivity index (χ3n) is 5.55. The Bertz CT molecular complexity index is 1730. The van der Waals surface area contributed by atoms with Crippen molar-refractivity contribution in [1.82, 2.24) is 30.1 Å². The summed E-state index contributed by atoms with van der Waals surface area (Å²) in [6, 6.07) is 10.5. The van der Waals surface area contributed by atoms with Crippen molar-refractivity contribution in [3.8, 4) is 33.2 Å². The number of benzene rings is 1. The molecule has 6 aromatic rings. The average molecular weight is 470 g/mol. The minimum absolute atomic E-state index is 0.00390. The molecule has 5 heterocycles. The second kappa shape index (κ2) is 7.56. The zero-order valence-electron chi connectivity index (χ0n) is 17.8. The molecular weight excluding hydrogens is 453 g/mol. The summed E-state index contributed by atoms with van der Waals surface area (Å²) >= 11 is 1.36. The minimum atomic E-state index is -0.447. The van der Waals surface area contributed by atoms with E-state index in [0.717, 1.165) is 10.4 Å². The van der Waals surface area contributed by atoms with E-state index in [0.29, 0.717) is 55.3 Å². The van der Waals surface area contributed by atoms with Gasteiger partial charge in [-0.15, -0.1) is 11.3 Å². The Labute approximate surface area is 195 Å². The zero-order valence-corrected chi connectivity index (χ0v) is 18.6. The highest BCUT2D eigenvalue weighted by molar-refractivity contribution is 7.17. The lowest BCUT2D eigenvalue weighted by atomic mass is 10.0. The number of imidazole rings is 1. The number of hydrogen-bond donors (Lipinski definition) is 3. The second-order valence-electron chi connectivity index (χ2n) is 7.79. The van der Waals surface area contributed by atoms with Gasteiger partial charge in [-0.1, -0.05) is 0 Å². The van der Waals surface area contributed by atoms with Crippen LogP contribution in [0.1, 0.15) is 16.6 Å². The average Bonchev–Trinajstić information content (AvgIpc) is 3.56. The van der Waals surface area contributed by atoms with E-state index in [2.05, 4.69) is 25.1 Å². The first-order chi connectivity index (χ1) is 16.5. The van der Waals surface area contributed by atoms with Gasteiger partial charge in [-0.05, 0) is 43.3 Å². The van der Waals surface area contributed by atoms with Crippen molar-refractivity contribution in [2.75, 3.05) is 5.73 Å². The number of H-pyrrole nitrogens is 2. The molecule has 8 nitrogen and oxygen atoms in total. The lowest BCUT2D eigenvalue weighted by Crippen LogP contribution is -1.91. The van der Waals surface area contributed by atoms with Crippen LogP contribution in [0.2, 0.25) is 0 Å². The fourth-order valence-electron chi connectivity index (χ4n) is 3.95. The standard InChI is InChI=1S/C24H16FN7OS/c1-11(33)17-4-5-18(34-17)22-21-16(6-7-28-22)29-24(30-21)23-19-15(31-32-23)3-2-14(20(19)25)12-8-13(26)10-27-9-12/h2-10H,26H2,1H3,(H,29,30)(H,31,32). The number of nitrogens with zero attached hydrogens (tertiary/aromatic N) is 4. The van der Waals surface area contributed by atoms with E-state index in [-0.39, 0.29) is 5.78 Å². The first-order valence-corrected chi connectivity index (χ1v) is 11.1. The number of pyridine rings is 2. The van der Waals surface area contributed by atoms with Gasteiger partial charge in [-0.3, -0.25) is 19.9 Å². The third-order valence-corrected chi connectivity index (χ3v) is 6.74. The molecule has 5 aromatic heterocycles. The molecule has 166 valence electrons. The number of nitrogens with one attached hydrogen (secondary N) is 2. The Hall–Kier alpha value is -4.44. The molecule has 0 radical (unpaired) electrons. The summed E-state index contributed by atoms with van der Waals surface area (Å²) < 4.78 is 15.7. The Balaban J connectivity index is 1.52. The van der Waals surface area contributed by atoms with Crippen molar-refractivity contribution in [3.05, 3.63) is 65.7 Å². The molecule has 0 aliphatic heterocycles. The van der Waals surface area contributed by atoms with Crippen LogP contribution in [-0.4, -0.2) is 35.9 Å². The highest BCUT2D eigenvalue weighted by Gasteiger charge is 2.21. The van der Waals surface area contributed by atoms with Gasteiger partial charge in [0.1, 0.15) is 22.7 Å². The van der Waals surface area contributed by atoms with E-state index in [1.165, 1.54) is 24.5 Å². The van der Waals surface area contributed by atoms with Crippen molar-refractivity contribution in [2.45, 2.75) is 6.92 Å². The van der Waals surface area contributed by atoms with Crippen molar-refractivity contribution in [1.29, 1.82) is 0 Å². The normalized spacial score (nSPS) is 11.5. The largest absolute Gasteiger partial charge is 0.397 e. The van der Waals surface area contributed by atoms with Gasteiger partial charge in [0.25, 0.3) is 0 Å². The predicted molar refractivity (Wildman–Crippen MR) is 130 cm³/mol. The van der Waals surface area contributed by atoms with Crippen LogP contribution in [-0.2, 0) is 0 Å². The maximum atomic E-state index is 15.7. The Kier molecular flexibility index (Phi) is 4.49. The van der Waals surface area contributed by atoms with Gasteiger partial charge in [-0.25, -0.2) is 9.37 Å². The van der Waals surface area contributed by atoms with Crippen LogP contribution in [0.25, 0.3) is 55.2 Å². The number of ketones is 1. The molecule has 0 fully saturated rings. The zero-order chi connectivity index (χ0) is 23.4. The van der Waals surface area contributed by atoms with E-state index >= 15 is 4.39 Å². The highest BCUT2D eigenvalue weighted by atomic mass is 32.1. The third kappa shape index (κ3) is 3.15. The topological polar surface area (TPSA) is 126 Å². The molecule has 0 spiro atoms. The van der Waals surface area contributed by atoms with E-state index in [4.69, 9.17) is 10.7 Å². The fraction of sp³-hybridized carbons (Fsp3) is 0.0417. The van der Waals surface area contributed by atoms with E-state index in [1.807, 2.05) is 6.07 Å². The van der Waals surface area contributed by atoms with Crippen LogP contribution in [0, 0.1) is 5.82 Å². The number of rotatable bonds is 4. The van der Waals surface area contributed by atoms with Crippen molar-refractivity contribution in [3.63, 3.8) is 0 Å². The Morgan fingerprint density at radius 2 is 1.97 bits per heavy atom. The lowest BCUT2D eigenvalue weighted by molar-refractivity contribution is 0.102. The maximum absolute atomic E-state index is 15.7. The molecule has 0 aliphatic carbocycles. The van der Waals surface area contributed by atoms with Gasteiger partial charge in [0, 0.05) is 29.7 Å². The van der Waals surface area contributed by atoms with Gasteiger partial charge >= 0.3 is 0 Å². The van der Waals surface area contributed by atoms with Crippen molar-refractivity contribution >= 4 is 44.7 Å². The van der Waals surface area contributed by atoms with Gasteiger partial charge in [0.05, 0.1) is 31.9 Å². The summed E-state index contributed by atoms with van der Waals surface area (Å²) in [5.41, 5.74) is 10.1. The van der Waals surface area contributed by atoms with Crippen molar-refractivity contribution in [2.24, 2.45) is 0 Å². The molecule has 6 rings (SSSR count). The molecule has 34 heavy (non-hydrogen) atoms. The Morgan fingerprint density at radius 1 is 1.09 bits per heavy atom. The summed E-state index contributed by atoms with van der Waals surface area (Å²) in [4.78, 5) is 29.7. The first-order valence-electron chi connectivity index (χ1n) is 10.3.